The van der Waals surface area contributed by atoms with Crippen LogP contribution in [-0.2, 0) is 4.74 Å². The Labute approximate surface area is 149 Å². The van der Waals surface area contributed by atoms with Gasteiger partial charge < -0.3 is 0 Å². The number of fused-ring (bicyclic) bond motifs is 5. The molecule has 0 aromatic heterocycles. The van der Waals surface area contributed by atoms with E-state index in [2.05, 4.69) is 13.8 Å². The molecule has 2 saturated heterocycles. The molecule has 134 valence electrons. The molecule has 2 heterocycles. The number of hydrogen-bond acceptors (Lipinski definition) is 2. The van der Waals surface area contributed by atoms with E-state index in [4.69, 9.17) is 4.74 Å². The first-order valence-corrected chi connectivity index (χ1v) is 13.8. The summed E-state index contributed by atoms with van der Waals surface area (Å²) in [4.78, 5) is 0. The summed E-state index contributed by atoms with van der Waals surface area (Å²) in [6.45, 7) is 5.92. The van der Waals surface area contributed by atoms with Crippen molar-refractivity contribution in [3.8, 4) is 0 Å². The van der Waals surface area contributed by atoms with Crippen LogP contribution in [0.5, 0.6) is 0 Å². The van der Waals surface area contributed by atoms with Crippen molar-refractivity contribution in [2.45, 2.75) is 79.2 Å². The van der Waals surface area contributed by atoms with Gasteiger partial charge in [-0.2, -0.15) is 0 Å². The number of methoxy groups -OCH3 is 1. The summed E-state index contributed by atoms with van der Waals surface area (Å²) in [5.41, 5.74) is 0.809. The molecule has 7 unspecified atom stereocenters. The standard InChI is InChI=1S/C20H35IO2/c1-14-6-10-20(13-23-3)15(12-14)8-11-21-16-4-5-18(22)19(16,2)9-7-17(20)21/h14-18,22H,4-13H2,1-3H3. The van der Waals surface area contributed by atoms with Gasteiger partial charge in [0.2, 0.25) is 0 Å². The maximum atomic E-state index is 10.6. The van der Waals surface area contributed by atoms with Gasteiger partial charge in [-0.15, -0.1) is 0 Å². The van der Waals surface area contributed by atoms with E-state index in [1.165, 1.54) is 44.9 Å². The number of rotatable bonds is 2. The number of ether oxygens (including phenoxy) is 1. The first-order valence-electron chi connectivity index (χ1n) is 9.81. The van der Waals surface area contributed by atoms with Crippen molar-refractivity contribution < 1.29 is 9.84 Å². The fraction of sp³-hybridized carbons (Fsp3) is 1.00. The Morgan fingerprint density at radius 3 is 2.70 bits per heavy atom. The van der Waals surface area contributed by atoms with E-state index < -0.39 is 19.8 Å². The molecule has 1 N–H and O–H groups in total. The predicted molar refractivity (Wildman–Crippen MR) is 104 cm³/mol. The van der Waals surface area contributed by atoms with Crippen LogP contribution in [-0.4, -0.2) is 37.2 Å². The molecule has 0 aromatic rings. The van der Waals surface area contributed by atoms with Crippen molar-refractivity contribution in [3.05, 3.63) is 0 Å². The predicted octanol–water partition coefficient (Wildman–Crippen LogP) is 4.66. The Hall–Kier alpha value is 0.650. The van der Waals surface area contributed by atoms with Gasteiger partial charge in [-0.25, -0.2) is 0 Å². The summed E-state index contributed by atoms with van der Waals surface area (Å²) in [5, 5.41) is 10.6. The van der Waals surface area contributed by atoms with Crippen molar-refractivity contribution in [2.75, 3.05) is 18.1 Å². The third-order valence-electron chi connectivity index (χ3n) is 8.10. The molecule has 7 atom stereocenters. The number of alkyl halides is 3. The number of hydrogen-bond donors (Lipinski definition) is 1. The van der Waals surface area contributed by atoms with Crippen molar-refractivity contribution in [1.82, 2.24) is 0 Å². The van der Waals surface area contributed by atoms with Gasteiger partial charge in [-0.3, -0.25) is 0 Å². The molecule has 2 nitrogen and oxygen atoms in total. The van der Waals surface area contributed by atoms with Gasteiger partial charge in [-0.05, 0) is 0 Å². The summed E-state index contributed by atoms with van der Waals surface area (Å²) in [6.07, 6.45) is 10.9. The number of halogens is 1. The fourth-order valence-corrected chi connectivity index (χ4v) is 18.2. The zero-order valence-corrected chi connectivity index (χ0v) is 17.3. The van der Waals surface area contributed by atoms with E-state index >= 15 is 0 Å². The van der Waals surface area contributed by atoms with E-state index in [0.29, 0.717) is 5.41 Å². The molecular formula is C20H35IO2. The molecule has 2 aliphatic carbocycles. The first-order chi connectivity index (χ1) is 11.0. The van der Waals surface area contributed by atoms with E-state index in [-0.39, 0.29) is 11.5 Å². The average Bonchev–Trinajstić information content (AvgIpc) is 2.84. The van der Waals surface area contributed by atoms with Crippen LogP contribution < -0.4 is 0 Å². The quantitative estimate of drug-likeness (QED) is 0.506. The summed E-state index contributed by atoms with van der Waals surface area (Å²) in [6, 6.07) is 0. The van der Waals surface area contributed by atoms with Crippen LogP contribution in [0.15, 0.2) is 0 Å². The third kappa shape index (κ3) is 2.46. The number of aliphatic hydroxyl groups excluding tert-OH is 1. The maximum absolute atomic E-state index is 10.6. The Morgan fingerprint density at radius 2 is 1.91 bits per heavy atom. The first kappa shape index (κ1) is 17.1. The molecule has 2 saturated carbocycles. The minimum atomic E-state index is -1.01. The van der Waals surface area contributed by atoms with Crippen LogP contribution in [0.25, 0.3) is 0 Å². The van der Waals surface area contributed by atoms with Gasteiger partial charge in [0.05, 0.1) is 0 Å². The monoisotopic (exact) mass is 434 g/mol. The van der Waals surface area contributed by atoms with Crippen LogP contribution in [0.3, 0.4) is 0 Å². The Morgan fingerprint density at radius 1 is 1.09 bits per heavy atom. The molecule has 4 rings (SSSR count). The molecule has 23 heavy (non-hydrogen) atoms. The van der Waals surface area contributed by atoms with Crippen LogP contribution in [0, 0.1) is 22.7 Å². The molecule has 4 aliphatic rings. The molecular weight excluding hydrogens is 399 g/mol. The molecule has 2 aliphatic heterocycles. The van der Waals surface area contributed by atoms with E-state index in [1.807, 2.05) is 7.11 Å². The van der Waals surface area contributed by atoms with Crippen LogP contribution in [0.1, 0.15) is 65.2 Å². The van der Waals surface area contributed by atoms with E-state index in [0.717, 1.165) is 32.7 Å². The Kier molecular flexibility index (Phi) is 4.55. The molecule has 0 radical (unpaired) electrons. The Bertz CT molecular complexity index is 455. The van der Waals surface area contributed by atoms with Crippen molar-refractivity contribution >= 4 is 19.8 Å². The average molecular weight is 434 g/mol. The molecule has 0 spiro atoms. The molecule has 4 fully saturated rings. The van der Waals surface area contributed by atoms with Gasteiger partial charge in [0.15, 0.2) is 0 Å². The summed E-state index contributed by atoms with van der Waals surface area (Å²) >= 11 is -1.01. The SMILES string of the molecule is COCC12CCC(C)CC1CCI1C3CCC(O)C3(C)CCC12. The summed E-state index contributed by atoms with van der Waals surface area (Å²) in [7, 11) is 1.93. The third-order valence-corrected chi connectivity index (χ3v) is 17.7. The van der Waals surface area contributed by atoms with Gasteiger partial charge >= 0.3 is 150 Å². The van der Waals surface area contributed by atoms with Gasteiger partial charge in [0.1, 0.15) is 0 Å². The summed E-state index contributed by atoms with van der Waals surface area (Å²) in [5.74, 6) is 1.85. The zero-order chi connectivity index (χ0) is 16.2. The fourth-order valence-electron chi connectivity index (χ4n) is 6.73. The molecule has 0 bridgehead atoms. The van der Waals surface area contributed by atoms with Crippen LogP contribution in [0.2, 0.25) is 0 Å². The van der Waals surface area contributed by atoms with Crippen molar-refractivity contribution in [3.63, 3.8) is 0 Å². The molecule has 3 heteroatoms. The second kappa shape index (κ2) is 6.12. The minimum absolute atomic E-state index is 0.00627. The second-order valence-electron chi connectivity index (χ2n) is 9.23. The molecule has 0 aromatic carbocycles. The van der Waals surface area contributed by atoms with Gasteiger partial charge in [-0.1, -0.05) is 0 Å². The summed E-state index contributed by atoms with van der Waals surface area (Å²) < 4.78 is 9.37. The van der Waals surface area contributed by atoms with Crippen LogP contribution in [0.4, 0.5) is 0 Å². The zero-order valence-electron chi connectivity index (χ0n) is 15.2. The Balaban J connectivity index is 1.65. The topological polar surface area (TPSA) is 29.5 Å². The van der Waals surface area contributed by atoms with Gasteiger partial charge in [0, 0.05) is 0 Å². The van der Waals surface area contributed by atoms with E-state index in [1.54, 1.807) is 4.43 Å². The number of aliphatic hydroxyl groups is 1. The van der Waals surface area contributed by atoms with Crippen molar-refractivity contribution in [2.24, 2.45) is 22.7 Å². The normalized spacial score (nSPS) is 54.3. The second-order valence-corrected chi connectivity index (χ2v) is 15.8. The molecule has 0 amide bonds. The van der Waals surface area contributed by atoms with Crippen LogP contribution >= 0.6 is 19.8 Å². The van der Waals surface area contributed by atoms with Crippen molar-refractivity contribution in [1.29, 1.82) is 0 Å². The van der Waals surface area contributed by atoms with Gasteiger partial charge in [0.25, 0.3) is 0 Å². The van der Waals surface area contributed by atoms with E-state index in [9.17, 15) is 5.11 Å².